The number of nitrogens with one attached hydrogen (secondary N) is 2. The number of nitrogens with zero attached hydrogens (tertiary/aromatic N) is 3. The zero-order valence-electron chi connectivity index (χ0n) is 19.4. The third-order valence-electron chi connectivity index (χ3n) is 6.86. The summed E-state index contributed by atoms with van der Waals surface area (Å²) in [4.78, 5) is 7.72. The van der Waals surface area contributed by atoms with Gasteiger partial charge in [-0.3, -0.25) is 4.68 Å². The van der Waals surface area contributed by atoms with Crippen molar-refractivity contribution in [2.24, 2.45) is 0 Å². The first-order chi connectivity index (χ1) is 17.5. The highest BCUT2D eigenvalue weighted by molar-refractivity contribution is 5.95. The van der Waals surface area contributed by atoms with Crippen molar-refractivity contribution in [3.8, 4) is 22.3 Å². The molecule has 5 aromatic rings. The summed E-state index contributed by atoms with van der Waals surface area (Å²) in [6, 6.07) is 10.9. The summed E-state index contributed by atoms with van der Waals surface area (Å²) in [5, 5.41) is 8.57. The van der Waals surface area contributed by atoms with Crippen molar-refractivity contribution in [3.63, 3.8) is 0 Å². The first-order valence-corrected chi connectivity index (χ1v) is 12.0. The fourth-order valence-electron chi connectivity index (χ4n) is 5.05. The van der Waals surface area contributed by atoms with Gasteiger partial charge in [0.05, 0.1) is 12.7 Å². The van der Waals surface area contributed by atoms with E-state index in [-0.39, 0.29) is 18.3 Å². The van der Waals surface area contributed by atoms with Gasteiger partial charge >= 0.3 is 0 Å². The molecule has 182 valence electrons. The van der Waals surface area contributed by atoms with E-state index >= 15 is 4.39 Å². The normalized spacial score (nSPS) is 14.5. The summed E-state index contributed by atoms with van der Waals surface area (Å²) >= 11 is 0. The van der Waals surface area contributed by atoms with Crippen LogP contribution >= 0.6 is 0 Å². The summed E-state index contributed by atoms with van der Waals surface area (Å²) < 4.78 is 43.8. The van der Waals surface area contributed by atoms with E-state index in [0.29, 0.717) is 11.2 Å². The summed E-state index contributed by atoms with van der Waals surface area (Å²) in [5.41, 5.74) is 5.30. The van der Waals surface area contributed by atoms with E-state index in [4.69, 9.17) is 0 Å². The van der Waals surface area contributed by atoms with Gasteiger partial charge in [0.15, 0.2) is 0 Å². The highest BCUT2D eigenvalue weighted by Gasteiger charge is 2.19. The molecule has 36 heavy (non-hydrogen) atoms. The SMILES string of the molecule is Fc1cc(F)cc(Cn2cc(-c3c[nH]c4ncc(-c5ccc(C6CCNCC6)c(F)c5)cc34)cn2)c1. The van der Waals surface area contributed by atoms with Crippen LogP contribution in [0.3, 0.4) is 0 Å². The molecule has 0 bridgehead atoms. The Morgan fingerprint density at radius 1 is 0.889 bits per heavy atom. The van der Waals surface area contributed by atoms with Crippen LogP contribution in [0.25, 0.3) is 33.3 Å². The van der Waals surface area contributed by atoms with Crippen molar-refractivity contribution in [2.45, 2.75) is 25.3 Å². The van der Waals surface area contributed by atoms with Gasteiger partial charge in [0, 0.05) is 46.7 Å². The molecule has 1 fully saturated rings. The van der Waals surface area contributed by atoms with Gasteiger partial charge in [-0.05, 0) is 72.8 Å². The van der Waals surface area contributed by atoms with Crippen LogP contribution in [0, 0.1) is 17.5 Å². The Labute approximate surface area is 206 Å². The Morgan fingerprint density at radius 2 is 1.69 bits per heavy atom. The van der Waals surface area contributed by atoms with Crippen molar-refractivity contribution in [1.29, 1.82) is 0 Å². The van der Waals surface area contributed by atoms with Crippen LogP contribution in [0.2, 0.25) is 0 Å². The van der Waals surface area contributed by atoms with Gasteiger partial charge < -0.3 is 10.3 Å². The molecular formula is C28H24F3N5. The number of H-pyrrole nitrogens is 1. The highest BCUT2D eigenvalue weighted by atomic mass is 19.1. The van der Waals surface area contributed by atoms with E-state index < -0.39 is 11.6 Å². The molecule has 0 amide bonds. The molecule has 0 spiro atoms. The second-order valence-corrected chi connectivity index (χ2v) is 9.29. The largest absolute Gasteiger partial charge is 0.346 e. The van der Waals surface area contributed by atoms with Crippen LogP contribution in [-0.4, -0.2) is 32.8 Å². The number of piperidine rings is 1. The molecule has 0 atom stereocenters. The maximum absolute atomic E-state index is 15.0. The van der Waals surface area contributed by atoms with Gasteiger partial charge in [-0.2, -0.15) is 5.10 Å². The highest BCUT2D eigenvalue weighted by Crippen LogP contribution is 2.33. The van der Waals surface area contributed by atoms with E-state index in [2.05, 4.69) is 20.4 Å². The molecular weight excluding hydrogens is 463 g/mol. The number of aromatic amines is 1. The zero-order valence-corrected chi connectivity index (χ0v) is 19.4. The van der Waals surface area contributed by atoms with E-state index in [9.17, 15) is 8.78 Å². The van der Waals surface area contributed by atoms with Crippen LogP contribution < -0.4 is 5.32 Å². The summed E-state index contributed by atoms with van der Waals surface area (Å²) in [7, 11) is 0. The van der Waals surface area contributed by atoms with Crippen LogP contribution in [0.1, 0.15) is 29.9 Å². The molecule has 0 unspecified atom stereocenters. The molecule has 8 heteroatoms. The van der Waals surface area contributed by atoms with Gasteiger partial charge in [0.2, 0.25) is 0 Å². The minimum absolute atomic E-state index is 0.177. The van der Waals surface area contributed by atoms with Crippen molar-refractivity contribution in [3.05, 3.63) is 95.8 Å². The van der Waals surface area contributed by atoms with Crippen LogP contribution in [-0.2, 0) is 6.54 Å². The Bertz CT molecular complexity index is 1530. The molecule has 0 aliphatic carbocycles. The van der Waals surface area contributed by atoms with Crippen molar-refractivity contribution < 1.29 is 13.2 Å². The maximum atomic E-state index is 15.0. The molecule has 2 N–H and O–H groups in total. The molecule has 0 saturated carbocycles. The van der Waals surface area contributed by atoms with E-state index in [1.54, 1.807) is 23.1 Å². The lowest BCUT2D eigenvalue weighted by atomic mass is 9.89. The summed E-state index contributed by atoms with van der Waals surface area (Å²) in [5.74, 6) is -1.16. The lowest BCUT2D eigenvalue weighted by molar-refractivity contribution is 0.445. The number of pyridine rings is 1. The van der Waals surface area contributed by atoms with Gasteiger partial charge in [0.25, 0.3) is 0 Å². The smallest absolute Gasteiger partial charge is 0.137 e. The molecule has 4 heterocycles. The van der Waals surface area contributed by atoms with E-state index in [1.807, 2.05) is 30.6 Å². The fourth-order valence-corrected chi connectivity index (χ4v) is 5.05. The lowest BCUT2D eigenvalue weighted by Crippen LogP contribution is -2.27. The first kappa shape index (κ1) is 22.5. The Morgan fingerprint density at radius 3 is 2.47 bits per heavy atom. The number of halogens is 3. The second kappa shape index (κ2) is 9.28. The molecule has 0 radical (unpaired) electrons. The van der Waals surface area contributed by atoms with Crippen LogP contribution in [0.5, 0.6) is 0 Å². The maximum Gasteiger partial charge on any atom is 0.137 e. The molecule has 2 aromatic carbocycles. The molecule has 1 saturated heterocycles. The standard InChI is InChI=1S/C28H24F3N5/c29-22-7-17(8-23(30)11-22)15-36-16-21(13-35-36)26-14-34-28-25(26)9-20(12-33-28)19-1-2-24(27(31)10-19)18-3-5-32-6-4-18/h1-2,7-14,16,18,32H,3-6,15H2,(H,33,34). The number of aromatic nitrogens is 4. The monoisotopic (exact) mass is 487 g/mol. The summed E-state index contributed by atoms with van der Waals surface area (Å²) in [6.45, 7) is 2.07. The van der Waals surface area contributed by atoms with Crippen LogP contribution in [0.4, 0.5) is 13.2 Å². The Kier molecular flexibility index (Phi) is 5.81. The fraction of sp³-hybridized carbons (Fsp3) is 0.214. The number of hydrogen-bond acceptors (Lipinski definition) is 3. The third-order valence-corrected chi connectivity index (χ3v) is 6.86. The Balaban J connectivity index is 1.29. The molecule has 6 rings (SSSR count). The minimum Gasteiger partial charge on any atom is -0.346 e. The third kappa shape index (κ3) is 4.40. The molecule has 1 aliphatic rings. The van der Waals surface area contributed by atoms with Crippen molar-refractivity contribution in [2.75, 3.05) is 13.1 Å². The van der Waals surface area contributed by atoms with Gasteiger partial charge in [0.1, 0.15) is 23.1 Å². The first-order valence-electron chi connectivity index (χ1n) is 12.0. The van der Waals surface area contributed by atoms with E-state index in [0.717, 1.165) is 65.2 Å². The predicted molar refractivity (Wildman–Crippen MR) is 133 cm³/mol. The second-order valence-electron chi connectivity index (χ2n) is 9.29. The van der Waals surface area contributed by atoms with Crippen LogP contribution in [0.15, 0.2) is 67.3 Å². The number of benzene rings is 2. The zero-order chi connectivity index (χ0) is 24.6. The van der Waals surface area contributed by atoms with Gasteiger partial charge in [-0.25, -0.2) is 18.2 Å². The number of rotatable bonds is 5. The number of hydrogen-bond donors (Lipinski definition) is 2. The van der Waals surface area contributed by atoms with Crippen molar-refractivity contribution >= 4 is 11.0 Å². The Hall–Kier alpha value is -3.91. The topological polar surface area (TPSA) is 58.5 Å². The molecule has 5 nitrogen and oxygen atoms in total. The minimum atomic E-state index is -0.618. The van der Waals surface area contributed by atoms with Gasteiger partial charge in [-0.15, -0.1) is 0 Å². The van der Waals surface area contributed by atoms with E-state index in [1.165, 1.54) is 12.1 Å². The lowest BCUT2D eigenvalue weighted by Gasteiger charge is -2.23. The average molecular weight is 488 g/mol. The molecule has 3 aromatic heterocycles. The predicted octanol–water partition coefficient (Wildman–Crippen LogP) is 6.03. The average Bonchev–Trinajstić information content (AvgIpc) is 3.50. The number of fused-ring (bicyclic) bond motifs is 1. The quantitative estimate of drug-likeness (QED) is 0.319. The van der Waals surface area contributed by atoms with Gasteiger partial charge in [-0.1, -0.05) is 12.1 Å². The summed E-state index contributed by atoms with van der Waals surface area (Å²) in [6.07, 6.45) is 9.01. The van der Waals surface area contributed by atoms with Crippen molar-refractivity contribution in [1.82, 2.24) is 25.1 Å². The molecule has 1 aliphatic heterocycles.